The number of carboxylic acids is 1. The number of aliphatic carboxylic acids is 1. The molecule has 1 aliphatic carbocycles. The number of carboxylic acid groups (broad SMARTS) is 1. The molecule has 0 aromatic heterocycles. The zero-order chi connectivity index (χ0) is 20.3. The van der Waals surface area contributed by atoms with E-state index in [-0.39, 0.29) is 42.6 Å². The Bertz CT molecular complexity index is 635. The minimum absolute atomic E-state index is 0.0224. The highest BCUT2D eigenvalue weighted by Gasteiger charge is 2.38. The van der Waals surface area contributed by atoms with Crippen LogP contribution in [0, 0.1) is 11.8 Å². The number of morpholine rings is 1. The van der Waals surface area contributed by atoms with Crippen LogP contribution in [0.25, 0.3) is 0 Å². The molecule has 0 spiro atoms. The third-order valence-electron chi connectivity index (χ3n) is 5.65. The van der Waals surface area contributed by atoms with Crippen molar-refractivity contribution in [3.05, 3.63) is 0 Å². The van der Waals surface area contributed by atoms with Gasteiger partial charge >= 0.3 is 5.97 Å². The molecule has 2 heterocycles. The number of rotatable bonds is 6. The second-order valence-electron chi connectivity index (χ2n) is 7.97. The highest BCUT2D eigenvalue weighted by molar-refractivity contribution is 5.83. The highest BCUT2D eigenvalue weighted by Crippen LogP contribution is 2.32. The van der Waals surface area contributed by atoms with E-state index in [4.69, 9.17) is 9.84 Å². The van der Waals surface area contributed by atoms with E-state index >= 15 is 0 Å². The van der Waals surface area contributed by atoms with Crippen molar-refractivity contribution in [1.82, 2.24) is 14.7 Å². The summed E-state index contributed by atoms with van der Waals surface area (Å²) >= 11 is 0. The van der Waals surface area contributed by atoms with E-state index < -0.39 is 12.1 Å². The third kappa shape index (κ3) is 5.21. The number of carbonyl (C=O) groups excluding carboxylic acids is 3. The van der Waals surface area contributed by atoms with E-state index in [1.807, 2.05) is 4.90 Å². The van der Waals surface area contributed by atoms with E-state index in [1.54, 1.807) is 4.90 Å². The predicted octanol–water partition coefficient (Wildman–Crippen LogP) is -0.204. The minimum atomic E-state index is -1.08. The zero-order valence-corrected chi connectivity index (χ0v) is 16.3. The quantitative estimate of drug-likeness (QED) is 0.667. The molecular weight excluding hydrogens is 366 g/mol. The summed E-state index contributed by atoms with van der Waals surface area (Å²) < 4.78 is 5.66. The lowest BCUT2D eigenvalue weighted by atomic mass is 9.95. The molecule has 9 heteroatoms. The third-order valence-corrected chi connectivity index (χ3v) is 5.65. The standard InChI is InChI=1S/C19H29N3O6/c1-13(23)22(12-17(24)25)11-16-10-21(7-8-28-16)19(27)15-3-2-6-20(9-15)18(26)14-4-5-14/h14-16H,2-12H2,1H3,(H,24,25). The molecule has 1 N–H and O–H groups in total. The van der Waals surface area contributed by atoms with Crippen LogP contribution < -0.4 is 0 Å². The summed E-state index contributed by atoms with van der Waals surface area (Å²) in [6, 6.07) is 0. The number of likely N-dealkylation sites (tertiary alicyclic amines) is 1. The van der Waals surface area contributed by atoms with Gasteiger partial charge in [-0.05, 0) is 25.7 Å². The van der Waals surface area contributed by atoms with E-state index in [1.165, 1.54) is 11.8 Å². The van der Waals surface area contributed by atoms with Crippen LogP contribution in [0.3, 0.4) is 0 Å². The topological polar surface area (TPSA) is 107 Å². The van der Waals surface area contributed by atoms with Gasteiger partial charge in [0.15, 0.2) is 0 Å². The van der Waals surface area contributed by atoms with Crippen molar-refractivity contribution in [2.24, 2.45) is 11.8 Å². The van der Waals surface area contributed by atoms with Crippen LogP contribution in [-0.4, -0.2) is 95.5 Å². The average molecular weight is 395 g/mol. The van der Waals surface area contributed by atoms with E-state index in [9.17, 15) is 19.2 Å². The smallest absolute Gasteiger partial charge is 0.323 e. The second-order valence-corrected chi connectivity index (χ2v) is 7.97. The molecule has 0 aromatic carbocycles. The fourth-order valence-electron chi connectivity index (χ4n) is 3.97. The first kappa shape index (κ1) is 20.6. The Kier molecular flexibility index (Phi) is 6.53. The Morgan fingerprint density at radius 1 is 1.00 bits per heavy atom. The van der Waals surface area contributed by atoms with Crippen LogP contribution in [0.5, 0.6) is 0 Å². The van der Waals surface area contributed by atoms with Crippen LogP contribution in [0.15, 0.2) is 0 Å². The first-order valence-corrected chi connectivity index (χ1v) is 10.0. The summed E-state index contributed by atoms with van der Waals surface area (Å²) in [4.78, 5) is 52.7. The van der Waals surface area contributed by atoms with Gasteiger partial charge in [0, 0.05) is 45.6 Å². The maximum Gasteiger partial charge on any atom is 0.323 e. The molecule has 0 bridgehead atoms. The molecular formula is C19H29N3O6. The van der Waals surface area contributed by atoms with E-state index in [0.717, 1.165) is 32.2 Å². The van der Waals surface area contributed by atoms with Gasteiger partial charge in [-0.2, -0.15) is 0 Å². The summed E-state index contributed by atoms with van der Waals surface area (Å²) in [5.74, 6) is -1.25. The van der Waals surface area contributed by atoms with Gasteiger partial charge in [-0.25, -0.2) is 0 Å². The highest BCUT2D eigenvalue weighted by atomic mass is 16.5. The lowest BCUT2D eigenvalue weighted by Crippen LogP contribution is -2.54. The number of piperidine rings is 1. The van der Waals surface area contributed by atoms with Gasteiger partial charge in [-0.3, -0.25) is 19.2 Å². The molecule has 28 heavy (non-hydrogen) atoms. The Morgan fingerprint density at radius 3 is 2.32 bits per heavy atom. The van der Waals surface area contributed by atoms with Crippen LogP contribution >= 0.6 is 0 Å². The fourth-order valence-corrected chi connectivity index (χ4v) is 3.97. The van der Waals surface area contributed by atoms with Gasteiger partial charge in [-0.1, -0.05) is 0 Å². The Hall–Kier alpha value is -2.16. The molecule has 2 aliphatic heterocycles. The van der Waals surface area contributed by atoms with Crippen LogP contribution in [0.4, 0.5) is 0 Å². The van der Waals surface area contributed by atoms with E-state index in [0.29, 0.717) is 26.2 Å². The summed E-state index contributed by atoms with van der Waals surface area (Å²) in [5.41, 5.74) is 0. The molecule has 3 rings (SSSR count). The zero-order valence-electron chi connectivity index (χ0n) is 16.3. The molecule has 2 atom stereocenters. The van der Waals surface area contributed by atoms with Gasteiger partial charge in [0.05, 0.1) is 18.6 Å². The van der Waals surface area contributed by atoms with Crippen molar-refractivity contribution < 1.29 is 29.0 Å². The number of hydrogen-bond acceptors (Lipinski definition) is 5. The summed E-state index contributed by atoms with van der Waals surface area (Å²) in [6.45, 7) is 3.44. The van der Waals surface area contributed by atoms with Crippen molar-refractivity contribution in [2.45, 2.75) is 38.7 Å². The van der Waals surface area contributed by atoms with Gasteiger partial charge in [0.25, 0.3) is 0 Å². The molecule has 2 unspecified atom stereocenters. The average Bonchev–Trinajstić information content (AvgIpc) is 3.51. The predicted molar refractivity (Wildman–Crippen MR) is 98.2 cm³/mol. The first-order chi connectivity index (χ1) is 13.3. The Morgan fingerprint density at radius 2 is 1.68 bits per heavy atom. The van der Waals surface area contributed by atoms with Gasteiger partial charge in [-0.15, -0.1) is 0 Å². The maximum absolute atomic E-state index is 13.0. The van der Waals surface area contributed by atoms with Crippen molar-refractivity contribution in [3.63, 3.8) is 0 Å². The van der Waals surface area contributed by atoms with Crippen molar-refractivity contribution in [3.8, 4) is 0 Å². The minimum Gasteiger partial charge on any atom is -0.480 e. The number of carbonyl (C=O) groups is 4. The molecule has 3 amide bonds. The number of nitrogens with zero attached hydrogens (tertiary/aromatic N) is 3. The fraction of sp³-hybridized carbons (Fsp3) is 0.789. The van der Waals surface area contributed by atoms with Crippen LogP contribution in [0.1, 0.15) is 32.6 Å². The van der Waals surface area contributed by atoms with Crippen molar-refractivity contribution >= 4 is 23.7 Å². The van der Waals surface area contributed by atoms with Crippen LogP contribution in [-0.2, 0) is 23.9 Å². The molecule has 2 saturated heterocycles. The molecule has 0 aromatic rings. The van der Waals surface area contributed by atoms with Gasteiger partial charge < -0.3 is 24.5 Å². The number of amides is 3. The maximum atomic E-state index is 13.0. The summed E-state index contributed by atoms with van der Waals surface area (Å²) in [7, 11) is 0. The monoisotopic (exact) mass is 395 g/mol. The Balaban J connectivity index is 1.55. The van der Waals surface area contributed by atoms with Gasteiger partial charge in [0.1, 0.15) is 6.54 Å². The number of ether oxygens (including phenoxy) is 1. The van der Waals surface area contributed by atoms with E-state index in [2.05, 4.69) is 0 Å². The lowest BCUT2D eigenvalue weighted by Gasteiger charge is -2.39. The SMILES string of the molecule is CC(=O)N(CC(=O)O)CC1CN(C(=O)C2CCCN(C(=O)C3CC3)C2)CCO1. The summed E-state index contributed by atoms with van der Waals surface area (Å²) in [6.07, 6.45) is 3.12. The van der Waals surface area contributed by atoms with Crippen molar-refractivity contribution in [1.29, 1.82) is 0 Å². The normalized spacial score (nSPS) is 25.3. The molecule has 9 nitrogen and oxygen atoms in total. The lowest BCUT2D eigenvalue weighted by molar-refractivity contribution is -0.151. The summed E-state index contributed by atoms with van der Waals surface area (Å²) in [5, 5.41) is 8.95. The Labute approximate surface area is 164 Å². The second kappa shape index (κ2) is 8.89. The molecule has 1 saturated carbocycles. The number of hydrogen-bond donors (Lipinski definition) is 1. The van der Waals surface area contributed by atoms with Crippen molar-refractivity contribution in [2.75, 3.05) is 45.9 Å². The molecule has 3 aliphatic rings. The molecule has 3 fully saturated rings. The first-order valence-electron chi connectivity index (χ1n) is 10.0. The largest absolute Gasteiger partial charge is 0.480 e. The molecule has 0 radical (unpaired) electrons. The molecule has 156 valence electrons. The van der Waals surface area contributed by atoms with Crippen LogP contribution in [0.2, 0.25) is 0 Å². The van der Waals surface area contributed by atoms with Gasteiger partial charge in [0.2, 0.25) is 17.7 Å².